The van der Waals surface area contributed by atoms with Crippen molar-refractivity contribution in [3.05, 3.63) is 53.2 Å². The highest BCUT2D eigenvalue weighted by Crippen LogP contribution is 2.17. The maximum atomic E-state index is 12.1. The Hall–Kier alpha value is -2.11. The lowest BCUT2D eigenvalue weighted by atomic mass is 10.2. The monoisotopic (exact) mass is 319 g/mol. The number of hydrogen-bond acceptors (Lipinski definition) is 4. The number of aromatic nitrogens is 1. The number of aliphatic hydroxyl groups is 1. The van der Waals surface area contributed by atoms with Crippen LogP contribution in [0.4, 0.5) is 11.5 Å². The van der Waals surface area contributed by atoms with Crippen LogP contribution in [0.15, 0.2) is 42.6 Å². The number of aliphatic hydroxyl groups excluding tert-OH is 1. The molecule has 1 aromatic carbocycles. The molecule has 6 heteroatoms. The number of hydrogen-bond donors (Lipinski definition) is 3. The molecule has 0 radical (unpaired) electrons. The minimum absolute atomic E-state index is 0.0314. The van der Waals surface area contributed by atoms with Crippen LogP contribution in [-0.2, 0) is 0 Å². The van der Waals surface area contributed by atoms with Crippen molar-refractivity contribution in [3.8, 4) is 0 Å². The summed E-state index contributed by atoms with van der Waals surface area (Å²) < 4.78 is 0. The van der Waals surface area contributed by atoms with E-state index >= 15 is 0 Å². The number of pyridine rings is 1. The average molecular weight is 320 g/mol. The van der Waals surface area contributed by atoms with Gasteiger partial charge in [0.25, 0.3) is 5.91 Å². The molecule has 2 rings (SSSR count). The van der Waals surface area contributed by atoms with E-state index in [1.54, 1.807) is 42.6 Å². The highest BCUT2D eigenvalue weighted by molar-refractivity contribution is 6.34. The first-order valence-corrected chi connectivity index (χ1v) is 7.41. The van der Waals surface area contributed by atoms with Gasteiger partial charge in [0.15, 0.2) is 0 Å². The molecular weight excluding hydrogens is 302 g/mol. The van der Waals surface area contributed by atoms with Gasteiger partial charge in [-0.15, -0.1) is 0 Å². The van der Waals surface area contributed by atoms with Gasteiger partial charge in [0.05, 0.1) is 35.1 Å². The largest absolute Gasteiger partial charge is 0.394 e. The number of halogens is 1. The molecule has 3 N–H and O–H groups in total. The normalized spacial score (nSPS) is 11.8. The van der Waals surface area contributed by atoms with Crippen molar-refractivity contribution in [1.82, 2.24) is 4.98 Å². The smallest absolute Gasteiger partial charge is 0.257 e. The van der Waals surface area contributed by atoms with Gasteiger partial charge in [0.1, 0.15) is 5.82 Å². The summed E-state index contributed by atoms with van der Waals surface area (Å²) in [5.74, 6) is 0.367. The van der Waals surface area contributed by atoms with Crippen LogP contribution in [-0.4, -0.2) is 28.6 Å². The summed E-state index contributed by atoms with van der Waals surface area (Å²) in [7, 11) is 0. The molecule has 2 aromatic rings. The fourth-order valence-corrected chi connectivity index (χ4v) is 2.10. The molecule has 1 aromatic heterocycles. The van der Waals surface area contributed by atoms with Gasteiger partial charge in [-0.1, -0.05) is 30.7 Å². The molecule has 0 saturated heterocycles. The maximum absolute atomic E-state index is 12.1. The Balaban J connectivity index is 2.02. The molecule has 5 nitrogen and oxygen atoms in total. The van der Waals surface area contributed by atoms with Crippen molar-refractivity contribution in [2.75, 3.05) is 17.2 Å². The van der Waals surface area contributed by atoms with Gasteiger partial charge in [-0.2, -0.15) is 0 Å². The van der Waals surface area contributed by atoms with Crippen LogP contribution in [0.25, 0.3) is 0 Å². The number of benzene rings is 1. The highest BCUT2D eigenvalue weighted by atomic mass is 35.5. The first-order valence-electron chi connectivity index (χ1n) is 7.03. The van der Waals surface area contributed by atoms with E-state index in [1.165, 1.54) is 0 Å². The summed E-state index contributed by atoms with van der Waals surface area (Å²) in [4.78, 5) is 16.3. The fourth-order valence-electron chi connectivity index (χ4n) is 1.88. The number of carbonyl (C=O) groups excluding carboxylic acids is 1. The van der Waals surface area contributed by atoms with E-state index in [0.29, 0.717) is 22.1 Å². The van der Waals surface area contributed by atoms with Crippen LogP contribution in [0.5, 0.6) is 0 Å². The molecule has 1 unspecified atom stereocenters. The number of anilines is 2. The predicted molar refractivity (Wildman–Crippen MR) is 88.4 cm³/mol. The fraction of sp³-hybridized carbons (Fsp3) is 0.250. The van der Waals surface area contributed by atoms with E-state index in [4.69, 9.17) is 16.7 Å². The van der Waals surface area contributed by atoms with Crippen molar-refractivity contribution >= 4 is 29.0 Å². The van der Waals surface area contributed by atoms with Gasteiger partial charge in [-0.3, -0.25) is 4.79 Å². The van der Waals surface area contributed by atoms with Gasteiger partial charge in [-0.25, -0.2) is 4.98 Å². The molecule has 0 bridgehead atoms. The molecule has 0 aliphatic carbocycles. The quantitative estimate of drug-likeness (QED) is 0.764. The number of amides is 1. The van der Waals surface area contributed by atoms with Gasteiger partial charge in [0, 0.05) is 0 Å². The number of carbonyl (C=O) groups is 1. The summed E-state index contributed by atoms with van der Waals surface area (Å²) in [6.07, 6.45) is 2.35. The van der Waals surface area contributed by atoms with Crippen LogP contribution < -0.4 is 10.6 Å². The third kappa shape index (κ3) is 4.19. The van der Waals surface area contributed by atoms with Crippen LogP contribution in [0.1, 0.15) is 23.7 Å². The lowest BCUT2D eigenvalue weighted by molar-refractivity contribution is 0.102. The second-order valence-corrected chi connectivity index (χ2v) is 5.21. The van der Waals surface area contributed by atoms with Crippen LogP contribution >= 0.6 is 11.6 Å². The number of nitrogens with zero attached hydrogens (tertiary/aromatic N) is 1. The summed E-state index contributed by atoms with van der Waals surface area (Å²) >= 11 is 5.99. The molecule has 1 amide bonds. The molecule has 1 heterocycles. The summed E-state index contributed by atoms with van der Waals surface area (Å²) in [5.41, 5.74) is 0.991. The SMILES string of the molecule is CCC(CO)Nc1ccc(NC(=O)c2ccccc2Cl)cn1. The van der Waals surface area contributed by atoms with Crippen molar-refractivity contribution in [2.24, 2.45) is 0 Å². The topological polar surface area (TPSA) is 74.2 Å². The zero-order valence-corrected chi connectivity index (χ0v) is 13.0. The standard InChI is InChI=1S/C16H18ClN3O2/c1-2-11(10-21)19-15-8-7-12(9-18-15)20-16(22)13-5-3-4-6-14(13)17/h3-9,11,21H,2,10H2,1H3,(H,18,19)(H,20,22). The lowest BCUT2D eigenvalue weighted by Gasteiger charge is -2.14. The van der Waals surface area contributed by atoms with Crippen LogP contribution in [0.2, 0.25) is 5.02 Å². The Bertz CT molecular complexity index is 628. The molecule has 1 atom stereocenters. The Morgan fingerprint density at radius 2 is 2.09 bits per heavy atom. The zero-order valence-electron chi connectivity index (χ0n) is 12.2. The van der Waals surface area contributed by atoms with E-state index in [9.17, 15) is 4.79 Å². The van der Waals surface area contributed by atoms with Crippen molar-refractivity contribution in [1.29, 1.82) is 0 Å². The summed E-state index contributed by atoms with van der Waals surface area (Å²) in [6, 6.07) is 10.3. The van der Waals surface area contributed by atoms with Crippen molar-refractivity contribution in [3.63, 3.8) is 0 Å². The maximum Gasteiger partial charge on any atom is 0.257 e. The first kappa shape index (κ1) is 16.3. The average Bonchev–Trinajstić information content (AvgIpc) is 2.54. The third-order valence-electron chi connectivity index (χ3n) is 3.21. The Kier molecular flexibility index (Phi) is 5.75. The number of nitrogens with one attached hydrogen (secondary N) is 2. The molecular formula is C16H18ClN3O2. The van der Waals surface area contributed by atoms with Crippen molar-refractivity contribution in [2.45, 2.75) is 19.4 Å². The summed E-state index contributed by atoms with van der Waals surface area (Å²) in [5, 5.41) is 15.4. The van der Waals surface area contributed by atoms with E-state index in [2.05, 4.69) is 15.6 Å². The number of rotatable bonds is 6. The second kappa shape index (κ2) is 7.77. The minimum atomic E-state index is -0.282. The molecule has 22 heavy (non-hydrogen) atoms. The van der Waals surface area contributed by atoms with Gasteiger partial charge < -0.3 is 15.7 Å². The van der Waals surface area contributed by atoms with Crippen molar-refractivity contribution < 1.29 is 9.90 Å². The Morgan fingerprint density at radius 3 is 2.68 bits per heavy atom. The molecule has 0 aliphatic rings. The molecule has 0 aliphatic heterocycles. The first-order chi connectivity index (χ1) is 10.6. The predicted octanol–water partition coefficient (Wildman–Crippen LogP) is 3.17. The Labute approximate surface area is 134 Å². The minimum Gasteiger partial charge on any atom is -0.394 e. The van der Waals surface area contributed by atoms with E-state index < -0.39 is 0 Å². The Morgan fingerprint density at radius 1 is 1.32 bits per heavy atom. The second-order valence-electron chi connectivity index (χ2n) is 4.80. The van der Waals surface area contributed by atoms with Crippen LogP contribution in [0.3, 0.4) is 0 Å². The van der Waals surface area contributed by atoms with E-state index in [-0.39, 0.29) is 18.6 Å². The van der Waals surface area contributed by atoms with Gasteiger partial charge >= 0.3 is 0 Å². The van der Waals surface area contributed by atoms with E-state index in [1.807, 2.05) is 6.92 Å². The molecule has 0 spiro atoms. The van der Waals surface area contributed by atoms with Crippen LogP contribution in [0, 0.1) is 0 Å². The van der Waals surface area contributed by atoms with Gasteiger partial charge in [-0.05, 0) is 30.7 Å². The molecule has 0 saturated carbocycles. The molecule has 116 valence electrons. The third-order valence-corrected chi connectivity index (χ3v) is 3.53. The summed E-state index contributed by atoms with van der Waals surface area (Å²) in [6.45, 7) is 2.02. The zero-order chi connectivity index (χ0) is 15.9. The van der Waals surface area contributed by atoms with E-state index in [0.717, 1.165) is 6.42 Å². The molecule has 0 fully saturated rings. The lowest BCUT2D eigenvalue weighted by Crippen LogP contribution is -2.23. The van der Waals surface area contributed by atoms with Gasteiger partial charge in [0.2, 0.25) is 0 Å². The highest BCUT2D eigenvalue weighted by Gasteiger charge is 2.10.